The molecule has 1 unspecified atom stereocenters. The smallest absolute Gasteiger partial charge is 0.161 e. The average molecular weight is 370 g/mol. The van der Waals surface area contributed by atoms with E-state index in [1.807, 2.05) is 36.7 Å². The predicted molar refractivity (Wildman–Crippen MR) is 108 cm³/mol. The molecule has 0 amide bonds. The Morgan fingerprint density at radius 3 is 2.35 bits per heavy atom. The lowest BCUT2D eigenvalue weighted by atomic mass is 9.78. The third kappa shape index (κ3) is 4.89. The second-order valence-corrected chi connectivity index (χ2v) is 8.04. The van der Waals surface area contributed by atoms with E-state index in [0.29, 0.717) is 5.56 Å². The third-order valence-electron chi connectivity index (χ3n) is 5.75. The summed E-state index contributed by atoms with van der Waals surface area (Å²) < 4.78 is 1.66. The Bertz CT molecular complexity index is 678. The number of hydrogen-bond donors (Lipinski definition) is 0. The molecule has 138 valence electrons. The fourth-order valence-corrected chi connectivity index (χ4v) is 4.46. The van der Waals surface area contributed by atoms with Crippen molar-refractivity contribution in [1.82, 2.24) is 4.42 Å². The highest BCUT2D eigenvalue weighted by Gasteiger charge is 2.22. The van der Waals surface area contributed by atoms with Crippen molar-refractivity contribution in [2.24, 2.45) is 16.8 Å². The predicted octanol–water partition coefficient (Wildman–Crippen LogP) is 6.37. The van der Waals surface area contributed by atoms with E-state index >= 15 is 0 Å². The Balaban J connectivity index is 1.49. The zero-order valence-corrected chi connectivity index (χ0v) is 16.3. The standard InChI is InChI=1S/C22H28ClN3/c1-2-3-17-4-6-18(7-5-17)8-9-20-15-25-22(26(23)16-20)21-12-10-19(14-24)11-13-21/h10-13,15-18,22H,2-9H2,1H3. The van der Waals surface area contributed by atoms with Crippen LogP contribution >= 0.6 is 11.8 Å². The lowest BCUT2D eigenvalue weighted by Crippen LogP contribution is -2.18. The third-order valence-corrected chi connectivity index (χ3v) is 6.03. The molecule has 1 heterocycles. The molecule has 3 nitrogen and oxygen atoms in total. The van der Waals surface area contributed by atoms with Crippen molar-refractivity contribution in [2.45, 2.75) is 64.5 Å². The summed E-state index contributed by atoms with van der Waals surface area (Å²) >= 11 is 6.44. The lowest BCUT2D eigenvalue weighted by Gasteiger charge is -2.29. The molecule has 1 fully saturated rings. The second-order valence-electron chi connectivity index (χ2n) is 7.65. The van der Waals surface area contributed by atoms with Crippen LogP contribution in [0.3, 0.4) is 0 Å². The van der Waals surface area contributed by atoms with Gasteiger partial charge in [-0.3, -0.25) is 9.41 Å². The fourth-order valence-electron chi connectivity index (χ4n) is 4.17. The van der Waals surface area contributed by atoms with E-state index in [9.17, 15) is 0 Å². The highest BCUT2D eigenvalue weighted by molar-refractivity contribution is 6.14. The number of nitriles is 1. The van der Waals surface area contributed by atoms with E-state index in [1.54, 1.807) is 4.42 Å². The van der Waals surface area contributed by atoms with Crippen LogP contribution < -0.4 is 0 Å². The minimum absolute atomic E-state index is 0.211. The van der Waals surface area contributed by atoms with E-state index < -0.39 is 0 Å². The molecule has 1 atom stereocenters. The molecule has 0 bridgehead atoms. The van der Waals surface area contributed by atoms with Gasteiger partial charge >= 0.3 is 0 Å². The molecule has 1 aliphatic carbocycles. The normalized spacial score (nSPS) is 25.7. The van der Waals surface area contributed by atoms with Gasteiger partial charge < -0.3 is 0 Å². The molecule has 0 N–H and O–H groups in total. The topological polar surface area (TPSA) is 39.4 Å². The number of halogens is 1. The number of benzene rings is 1. The van der Waals surface area contributed by atoms with Crippen molar-refractivity contribution in [1.29, 1.82) is 5.26 Å². The minimum Gasteiger partial charge on any atom is -0.264 e. The maximum absolute atomic E-state index is 8.91. The monoisotopic (exact) mass is 369 g/mol. The molecule has 0 spiro atoms. The SMILES string of the molecule is CCCC1CCC(CCC2=CN(Cl)C(c3ccc(C#N)cc3)N=C2)CC1. The number of rotatable bonds is 6. The van der Waals surface area contributed by atoms with Crippen molar-refractivity contribution in [3.8, 4) is 6.07 Å². The first-order valence-corrected chi connectivity index (χ1v) is 10.2. The molecule has 0 saturated heterocycles. The van der Waals surface area contributed by atoms with E-state index in [0.717, 1.165) is 23.8 Å². The van der Waals surface area contributed by atoms with Crippen molar-refractivity contribution in [3.05, 3.63) is 47.2 Å². The summed E-state index contributed by atoms with van der Waals surface area (Å²) in [6.45, 7) is 2.30. The van der Waals surface area contributed by atoms with Crippen LogP contribution in [0.2, 0.25) is 0 Å². The number of allylic oxidation sites excluding steroid dienone is 1. The summed E-state index contributed by atoms with van der Waals surface area (Å²) in [4.78, 5) is 4.64. The van der Waals surface area contributed by atoms with Crippen molar-refractivity contribution in [3.63, 3.8) is 0 Å². The van der Waals surface area contributed by atoms with Gasteiger partial charge in [0.25, 0.3) is 0 Å². The Labute approximate surface area is 162 Å². The van der Waals surface area contributed by atoms with Crippen LogP contribution in [-0.4, -0.2) is 10.6 Å². The fraction of sp³-hybridized carbons (Fsp3) is 0.545. The highest BCUT2D eigenvalue weighted by Crippen LogP contribution is 2.35. The first-order valence-electron chi connectivity index (χ1n) is 9.87. The Kier molecular flexibility index (Phi) is 6.74. The van der Waals surface area contributed by atoms with Crippen molar-refractivity contribution >= 4 is 18.0 Å². The molecule has 1 aromatic rings. The Morgan fingerprint density at radius 2 is 1.77 bits per heavy atom. The maximum atomic E-state index is 8.91. The number of nitrogens with zero attached hydrogens (tertiary/aromatic N) is 3. The van der Waals surface area contributed by atoms with Gasteiger partial charge in [-0.15, -0.1) is 0 Å². The molecule has 1 saturated carbocycles. The maximum Gasteiger partial charge on any atom is 0.161 e. The van der Waals surface area contributed by atoms with Crippen LogP contribution in [-0.2, 0) is 0 Å². The van der Waals surface area contributed by atoms with Crippen molar-refractivity contribution in [2.75, 3.05) is 0 Å². The second kappa shape index (κ2) is 9.24. The van der Waals surface area contributed by atoms with E-state index in [2.05, 4.69) is 18.0 Å². The van der Waals surface area contributed by atoms with E-state index in [1.165, 1.54) is 50.5 Å². The van der Waals surface area contributed by atoms with Gasteiger partial charge in [-0.2, -0.15) is 5.26 Å². The molecule has 1 aromatic carbocycles. The summed E-state index contributed by atoms with van der Waals surface area (Å²) in [7, 11) is 0. The Hall–Kier alpha value is -1.79. The number of aliphatic imine (C=N–C) groups is 1. The average Bonchev–Trinajstić information content (AvgIpc) is 2.68. The molecule has 2 aliphatic rings. The summed E-state index contributed by atoms with van der Waals surface area (Å²) in [6.07, 6.45) is 14.4. The largest absolute Gasteiger partial charge is 0.264 e. The summed E-state index contributed by atoms with van der Waals surface area (Å²) in [5, 5.41) is 8.91. The van der Waals surface area contributed by atoms with Gasteiger partial charge in [-0.05, 0) is 47.9 Å². The molecule has 4 heteroatoms. The summed E-state index contributed by atoms with van der Waals surface area (Å²) in [5.41, 5.74) is 2.86. The van der Waals surface area contributed by atoms with Gasteiger partial charge in [-0.1, -0.05) is 57.6 Å². The van der Waals surface area contributed by atoms with Gasteiger partial charge in [0.1, 0.15) is 0 Å². The van der Waals surface area contributed by atoms with Gasteiger partial charge in [-0.25, -0.2) is 0 Å². The van der Waals surface area contributed by atoms with Crippen LogP contribution in [0.25, 0.3) is 0 Å². The molecule has 0 aromatic heterocycles. The molecular formula is C22H28ClN3. The first-order chi connectivity index (χ1) is 12.7. The Morgan fingerprint density at radius 1 is 1.12 bits per heavy atom. The number of hydrogen-bond acceptors (Lipinski definition) is 3. The quantitative estimate of drug-likeness (QED) is 0.546. The minimum atomic E-state index is -0.211. The van der Waals surface area contributed by atoms with Crippen LogP contribution in [0.5, 0.6) is 0 Å². The molecule has 26 heavy (non-hydrogen) atoms. The van der Waals surface area contributed by atoms with E-state index in [4.69, 9.17) is 17.0 Å². The lowest BCUT2D eigenvalue weighted by molar-refractivity contribution is 0.252. The van der Waals surface area contributed by atoms with Gasteiger partial charge in [0.15, 0.2) is 6.17 Å². The summed E-state index contributed by atoms with van der Waals surface area (Å²) in [5.74, 6) is 1.83. The molecule has 0 radical (unpaired) electrons. The highest BCUT2D eigenvalue weighted by atomic mass is 35.5. The van der Waals surface area contributed by atoms with Crippen LogP contribution in [0, 0.1) is 23.2 Å². The van der Waals surface area contributed by atoms with Crippen molar-refractivity contribution < 1.29 is 0 Å². The molecular weight excluding hydrogens is 342 g/mol. The van der Waals surface area contributed by atoms with Gasteiger partial charge in [0.2, 0.25) is 0 Å². The molecule has 1 aliphatic heterocycles. The van der Waals surface area contributed by atoms with Crippen LogP contribution in [0.1, 0.15) is 75.6 Å². The van der Waals surface area contributed by atoms with Gasteiger partial charge in [0.05, 0.1) is 11.6 Å². The van der Waals surface area contributed by atoms with E-state index in [-0.39, 0.29) is 6.17 Å². The zero-order chi connectivity index (χ0) is 18.4. The summed E-state index contributed by atoms with van der Waals surface area (Å²) in [6, 6.07) is 9.59. The van der Waals surface area contributed by atoms with Gasteiger partial charge in [0, 0.05) is 24.2 Å². The molecule has 3 rings (SSSR count). The zero-order valence-electron chi connectivity index (χ0n) is 15.6. The van der Waals surface area contributed by atoms with Crippen LogP contribution in [0.15, 0.2) is 41.0 Å². The van der Waals surface area contributed by atoms with Crippen LogP contribution in [0.4, 0.5) is 0 Å². The first kappa shape index (κ1) is 19.0.